The standard InChI is InChI=1S/C30H37N5O5/c36-27(12-7-11-26-33-28(34-40-26)24-9-3-5-16-31-24)35-18-14-30(15-19-35)13-4-6-20-38-21-17-32-29(37)23-8-1-2-10-25(23)39-22-30/h1-3,5,8-10,16H,4,6-7,11-15,17-22H2,(H,32,37). The van der Waals surface area contributed by atoms with E-state index in [4.69, 9.17) is 14.0 Å². The maximum absolute atomic E-state index is 13.0. The van der Waals surface area contributed by atoms with Crippen molar-refractivity contribution in [1.82, 2.24) is 25.3 Å². The first kappa shape index (κ1) is 27.8. The summed E-state index contributed by atoms with van der Waals surface area (Å²) in [5.74, 6) is 1.57. The van der Waals surface area contributed by atoms with Crippen molar-refractivity contribution in [2.45, 2.75) is 51.4 Å². The number of para-hydroxylation sites is 1. The van der Waals surface area contributed by atoms with Crippen LogP contribution in [0, 0.1) is 5.41 Å². The van der Waals surface area contributed by atoms with Gasteiger partial charge in [-0.2, -0.15) is 4.98 Å². The van der Waals surface area contributed by atoms with Gasteiger partial charge < -0.3 is 24.2 Å². The average molecular weight is 548 g/mol. The molecule has 0 unspecified atom stereocenters. The van der Waals surface area contributed by atoms with Crippen LogP contribution >= 0.6 is 0 Å². The lowest BCUT2D eigenvalue weighted by Crippen LogP contribution is -2.45. The van der Waals surface area contributed by atoms with Crippen LogP contribution in [0.1, 0.15) is 61.2 Å². The third-order valence-electron chi connectivity index (χ3n) is 7.76. The normalized spacial score (nSPS) is 18.3. The first-order valence-electron chi connectivity index (χ1n) is 14.2. The number of pyridine rings is 1. The Hall–Kier alpha value is -3.79. The van der Waals surface area contributed by atoms with Gasteiger partial charge in [-0.15, -0.1) is 0 Å². The number of ether oxygens (including phenoxy) is 2. The van der Waals surface area contributed by atoms with Crippen molar-refractivity contribution in [2.24, 2.45) is 5.41 Å². The Bertz CT molecular complexity index is 1260. The highest BCUT2D eigenvalue weighted by molar-refractivity contribution is 5.96. The zero-order valence-electron chi connectivity index (χ0n) is 22.8. The van der Waals surface area contributed by atoms with E-state index < -0.39 is 0 Å². The van der Waals surface area contributed by atoms with E-state index in [1.165, 1.54) is 0 Å². The molecule has 2 aliphatic rings. The van der Waals surface area contributed by atoms with Gasteiger partial charge in [-0.3, -0.25) is 14.6 Å². The van der Waals surface area contributed by atoms with Crippen LogP contribution in [0.5, 0.6) is 5.75 Å². The van der Waals surface area contributed by atoms with Crippen LogP contribution in [0.3, 0.4) is 0 Å². The van der Waals surface area contributed by atoms with E-state index >= 15 is 0 Å². The summed E-state index contributed by atoms with van der Waals surface area (Å²) in [4.78, 5) is 36.3. The predicted molar refractivity (Wildman–Crippen MR) is 148 cm³/mol. The minimum Gasteiger partial charge on any atom is -0.492 e. The van der Waals surface area contributed by atoms with Crippen molar-refractivity contribution in [1.29, 1.82) is 0 Å². The number of aryl methyl sites for hydroxylation is 1. The maximum Gasteiger partial charge on any atom is 0.255 e. The highest BCUT2D eigenvalue weighted by Gasteiger charge is 2.36. The molecule has 1 aromatic carbocycles. The summed E-state index contributed by atoms with van der Waals surface area (Å²) in [6.07, 6.45) is 8.06. The summed E-state index contributed by atoms with van der Waals surface area (Å²) >= 11 is 0. The number of rotatable bonds is 5. The molecule has 3 aromatic rings. The number of fused-ring (bicyclic) bond motifs is 1. The van der Waals surface area contributed by atoms with Gasteiger partial charge >= 0.3 is 0 Å². The molecule has 2 aromatic heterocycles. The average Bonchev–Trinajstić information content (AvgIpc) is 3.47. The van der Waals surface area contributed by atoms with Crippen LogP contribution in [-0.2, 0) is 16.0 Å². The Morgan fingerprint density at radius 2 is 1.88 bits per heavy atom. The van der Waals surface area contributed by atoms with Crippen molar-refractivity contribution in [2.75, 3.05) is 39.5 Å². The topological polar surface area (TPSA) is 120 Å². The van der Waals surface area contributed by atoms with E-state index in [0.717, 1.165) is 32.1 Å². The number of carbonyl (C=O) groups excluding carboxylic acids is 2. The third-order valence-corrected chi connectivity index (χ3v) is 7.76. The molecule has 1 N–H and O–H groups in total. The molecule has 40 heavy (non-hydrogen) atoms. The molecular weight excluding hydrogens is 510 g/mol. The van der Waals surface area contributed by atoms with Crippen molar-refractivity contribution >= 4 is 11.8 Å². The Kier molecular flexibility index (Phi) is 9.38. The van der Waals surface area contributed by atoms with E-state index in [2.05, 4.69) is 20.4 Å². The van der Waals surface area contributed by atoms with Crippen LogP contribution in [0.4, 0.5) is 0 Å². The molecule has 0 atom stereocenters. The van der Waals surface area contributed by atoms with Crippen molar-refractivity contribution in [3.63, 3.8) is 0 Å². The second-order valence-electron chi connectivity index (χ2n) is 10.6. The molecule has 5 rings (SSSR count). The van der Waals surface area contributed by atoms with Crippen LogP contribution in [0.2, 0.25) is 0 Å². The van der Waals surface area contributed by atoms with Gasteiger partial charge in [-0.1, -0.05) is 29.8 Å². The zero-order valence-corrected chi connectivity index (χ0v) is 22.8. The maximum atomic E-state index is 13.0. The summed E-state index contributed by atoms with van der Waals surface area (Å²) in [5, 5.41) is 6.92. The van der Waals surface area contributed by atoms with Crippen LogP contribution in [-0.4, -0.2) is 71.3 Å². The monoisotopic (exact) mass is 547 g/mol. The second-order valence-corrected chi connectivity index (χ2v) is 10.6. The largest absolute Gasteiger partial charge is 0.492 e. The molecule has 0 saturated carbocycles. The number of benzene rings is 1. The molecular formula is C30H37N5O5. The number of likely N-dealkylation sites (tertiary alicyclic amines) is 1. The molecule has 10 heteroatoms. The van der Waals surface area contributed by atoms with Crippen LogP contribution in [0.25, 0.3) is 11.5 Å². The fourth-order valence-corrected chi connectivity index (χ4v) is 5.35. The smallest absolute Gasteiger partial charge is 0.255 e. The molecule has 1 spiro atoms. The molecule has 2 aliphatic heterocycles. The fourth-order valence-electron chi connectivity index (χ4n) is 5.35. The quantitative estimate of drug-likeness (QED) is 0.508. The number of amides is 2. The number of nitrogens with one attached hydrogen (secondary N) is 1. The Morgan fingerprint density at radius 1 is 1.02 bits per heavy atom. The number of hydrogen-bond donors (Lipinski definition) is 1. The highest BCUT2D eigenvalue weighted by atomic mass is 16.5. The molecule has 10 nitrogen and oxygen atoms in total. The predicted octanol–water partition coefficient (Wildman–Crippen LogP) is 4.07. The number of aromatic nitrogens is 3. The molecule has 1 saturated heterocycles. The molecule has 0 bridgehead atoms. The molecule has 0 radical (unpaired) electrons. The van der Waals surface area contributed by atoms with Gasteiger partial charge in [0.15, 0.2) is 0 Å². The first-order valence-corrected chi connectivity index (χ1v) is 14.2. The molecule has 0 aliphatic carbocycles. The van der Waals surface area contributed by atoms with Crippen molar-refractivity contribution in [3.8, 4) is 17.3 Å². The van der Waals surface area contributed by atoms with Gasteiger partial charge in [0, 0.05) is 50.7 Å². The van der Waals surface area contributed by atoms with E-state index in [9.17, 15) is 9.59 Å². The van der Waals surface area contributed by atoms with Crippen LogP contribution in [0.15, 0.2) is 53.2 Å². The summed E-state index contributed by atoms with van der Waals surface area (Å²) in [6, 6.07) is 12.9. The third kappa shape index (κ3) is 7.24. The minimum absolute atomic E-state index is 0.0455. The number of nitrogens with zero attached hydrogens (tertiary/aromatic N) is 4. The number of carbonyl (C=O) groups is 2. The van der Waals surface area contributed by atoms with Crippen molar-refractivity contribution in [3.05, 3.63) is 60.1 Å². The SMILES string of the molecule is O=C1NCCOCCCCC2(CCN(C(=O)CCCc3nc(-c4ccccn4)no3)CC2)COc2ccccc21. The van der Waals surface area contributed by atoms with Gasteiger partial charge in [-0.05, 0) is 56.4 Å². The summed E-state index contributed by atoms with van der Waals surface area (Å²) in [6.45, 7) is 3.57. The lowest BCUT2D eigenvalue weighted by Gasteiger charge is -2.42. The van der Waals surface area contributed by atoms with Crippen molar-refractivity contribution < 1.29 is 23.6 Å². The van der Waals surface area contributed by atoms with E-state index in [1.54, 1.807) is 12.3 Å². The number of hydrogen-bond acceptors (Lipinski definition) is 8. The lowest BCUT2D eigenvalue weighted by molar-refractivity contribution is -0.134. The Labute approximate surface area is 234 Å². The van der Waals surface area contributed by atoms with Gasteiger partial charge in [-0.25, -0.2) is 0 Å². The molecule has 2 amide bonds. The first-order chi connectivity index (χ1) is 19.6. The van der Waals surface area contributed by atoms with Crippen LogP contribution < -0.4 is 10.1 Å². The fraction of sp³-hybridized carbons (Fsp3) is 0.500. The van der Waals surface area contributed by atoms with Gasteiger partial charge in [0.05, 0.1) is 18.8 Å². The Balaban J connectivity index is 1.14. The second kappa shape index (κ2) is 13.5. The number of piperidine rings is 1. The minimum atomic E-state index is -0.154. The summed E-state index contributed by atoms with van der Waals surface area (Å²) < 4.78 is 17.4. The molecule has 4 heterocycles. The van der Waals surface area contributed by atoms with E-state index in [1.807, 2.05) is 41.3 Å². The summed E-state index contributed by atoms with van der Waals surface area (Å²) in [5.41, 5.74) is 1.16. The van der Waals surface area contributed by atoms with E-state index in [-0.39, 0.29) is 17.2 Å². The molecule has 1 fully saturated rings. The van der Waals surface area contributed by atoms with Gasteiger partial charge in [0.2, 0.25) is 17.6 Å². The lowest BCUT2D eigenvalue weighted by atomic mass is 9.75. The summed E-state index contributed by atoms with van der Waals surface area (Å²) in [7, 11) is 0. The highest BCUT2D eigenvalue weighted by Crippen LogP contribution is 2.38. The van der Waals surface area contributed by atoms with Gasteiger partial charge in [0.25, 0.3) is 5.91 Å². The van der Waals surface area contributed by atoms with Gasteiger partial charge in [0.1, 0.15) is 11.4 Å². The molecule has 212 valence electrons. The van der Waals surface area contributed by atoms with E-state index in [0.29, 0.717) is 87.4 Å². The zero-order chi connectivity index (χ0) is 27.6. The Morgan fingerprint density at radius 3 is 2.73 bits per heavy atom.